The summed E-state index contributed by atoms with van der Waals surface area (Å²) in [6.07, 6.45) is 2.66. The predicted molar refractivity (Wildman–Crippen MR) is 97.7 cm³/mol. The molecule has 1 aromatic heterocycles. The molecule has 1 saturated heterocycles. The number of aromatic nitrogens is 3. The zero-order valence-corrected chi connectivity index (χ0v) is 15.1. The zero-order chi connectivity index (χ0) is 15.9. The molecule has 1 aliphatic rings. The van der Waals surface area contributed by atoms with Crippen LogP contribution in [-0.4, -0.2) is 53.1 Å². The van der Waals surface area contributed by atoms with Crippen LogP contribution in [0.1, 0.15) is 0 Å². The van der Waals surface area contributed by atoms with Gasteiger partial charge in [0, 0.05) is 24.8 Å². The first-order valence-corrected chi connectivity index (χ1v) is 7.50. The van der Waals surface area contributed by atoms with Crippen LogP contribution < -0.4 is 15.4 Å². The van der Waals surface area contributed by atoms with Crippen molar-refractivity contribution >= 4 is 36.4 Å². The van der Waals surface area contributed by atoms with Gasteiger partial charge < -0.3 is 20.1 Å². The van der Waals surface area contributed by atoms with Gasteiger partial charge in [-0.3, -0.25) is 4.79 Å². The Labute approximate surface area is 158 Å². The molecule has 0 bridgehead atoms. The van der Waals surface area contributed by atoms with E-state index in [0.29, 0.717) is 37.7 Å². The summed E-state index contributed by atoms with van der Waals surface area (Å²) >= 11 is 0. The second-order valence-corrected chi connectivity index (χ2v) is 5.09. The SMILES string of the molecule is Cl.Cl.O=C(Nc1cccc(OCCn2cncn2)c1)C1CNCCO1. The van der Waals surface area contributed by atoms with Gasteiger partial charge in [-0.15, -0.1) is 24.8 Å². The maximum absolute atomic E-state index is 12.1. The summed E-state index contributed by atoms with van der Waals surface area (Å²) in [5.74, 6) is 0.530. The fourth-order valence-electron chi connectivity index (χ4n) is 2.23. The third kappa shape index (κ3) is 6.50. The van der Waals surface area contributed by atoms with E-state index in [9.17, 15) is 4.79 Å². The highest BCUT2D eigenvalue weighted by Gasteiger charge is 2.21. The van der Waals surface area contributed by atoms with Gasteiger partial charge in [-0.1, -0.05) is 6.07 Å². The van der Waals surface area contributed by atoms with Crippen LogP contribution in [-0.2, 0) is 16.1 Å². The minimum atomic E-state index is -0.458. The summed E-state index contributed by atoms with van der Waals surface area (Å²) in [5, 5.41) is 9.98. The fourth-order valence-corrected chi connectivity index (χ4v) is 2.23. The van der Waals surface area contributed by atoms with E-state index in [1.165, 1.54) is 6.33 Å². The van der Waals surface area contributed by atoms with Crippen molar-refractivity contribution in [3.63, 3.8) is 0 Å². The number of halogens is 2. The Bertz CT molecular complexity index is 636. The van der Waals surface area contributed by atoms with E-state index in [4.69, 9.17) is 9.47 Å². The molecule has 0 spiro atoms. The molecule has 0 radical (unpaired) electrons. The summed E-state index contributed by atoms with van der Waals surface area (Å²) < 4.78 is 12.8. The zero-order valence-electron chi connectivity index (χ0n) is 13.5. The van der Waals surface area contributed by atoms with Crippen LogP contribution in [0.25, 0.3) is 0 Å². The van der Waals surface area contributed by atoms with Crippen molar-refractivity contribution in [2.45, 2.75) is 12.6 Å². The van der Waals surface area contributed by atoms with Gasteiger partial charge >= 0.3 is 0 Å². The number of hydrogen-bond acceptors (Lipinski definition) is 6. The van der Waals surface area contributed by atoms with E-state index in [2.05, 4.69) is 20.7 Å². The lowest BCUT2D eigenvalue weighted by Gasteiger charge is -2.22. The van der Waals surface area contributed by atoms with Gasteiger partial charge in [0.05, 0.1) is 13.2 Å². The molecule has 2 aromatic rings. The number of carbonyl (C=O) groups is 1. The number of ether oxygens (including phenoxy) is 2. The summed E-state index contributed by atoms with van der Waals surface area (Å²) in [6.45, 7) is 2.93. The van der Waals surface area contributed by atoms with Crippen molar-refractivity contribution in [3.05, 3.63) is 36.9 Å². The van der Waals surface area contributed by atoms with Gasteiger partial charge in [0.1, 0.15) is 31.1 Å². The molecule has 0 saturated carbocycles. The Morgan fingerprint density at radius 1 is 1.44 bits per heavy atom. The quantitative estimate of drug-likeness (QED) is 0.769. The van der Waals surface area contributed by atoms with E-state index in [-0.39, 0.29) is 30.7 Å². The largest absolute Gasteiger partial charge is 0.492 e. The number of amides is 1. The Kier molecular flexibility index (Phi) is 9.22. The number of morpholine rings is 1. The molecule has 1 atom stereocenters. The molecule has 0 aliphatic carbocycles. The molecule has 138 valence electrons. The predicted octanol–water partition coefficient (Wildman–Crippen LogP) is 1.13. The first kappa shape index (κ1) is 21.2. The molecule has 3 rings (SSSR count). The molecule has 10 heteroatoms. The van der Waals surface area contributed by atoms with Crippen LogP contribution >= 0.6 is 24.8 Å². The molecule has 1 aliphatic heterocycles. The first-order valence-electron chi connectivity index (χ1n) is 7.50. The van der Waals surface area contributed by atoms with E-state index >= 15 is 0 Å². The van der Waals surface area contributed by atoms with Gasteiger partial charge in [-0.05, 0) is 12.1 Å². The molecule has 2 N–H and O–H groups in total. The number of benzene rings is 1. The monoisotopic (exact) mass is 389 g/mol. The molecule has 25 heavy (non-hydrogen) atoms. The van der Waals surface area contributed by atoms with Crippen LogP contribution in [0, 0.1) is 0 Å². The van der Waals surface area contributed by atoms with Crippen LogP contribution in [0.2, 0.25) is 0 Å². The highest BCUT2D eigenvalue weighted by Crippen LogP contribution is 2.18. The lowest BCUT2D eigenvalue weighted by Crippen LogP contribution is -2.45. The summed E-state index contributed by atoms with van der Waals surface area (Å²) in [5.41, 5.74) is 0.683. The van der Waals surface area contributed by atoms with E-state index in [1.807, 2.05) is 18.2 Å². The Morgan fingerprint density at radius 2 is 2.32 bits per heavy atom. The lowest BCUT2D eigenvalue weighted by atomic mass is 10.2. The summed E-state index contributed by atoms with van der Waals surface area (Å²) in [7, 11) is 0. The minimum Gasteiger partial charge on any atom is -0.492 e. The van der Waals surface area contributed by atoms with E-state index in [1.54, 1.807) is 17.1 Å². The molecule has 2 heterocycles. The smallest absolute Gasteiger partial charge is 0.254 e. The fraction of sp³-hybridized carbons (Fsp3) is 0.400. The Hall–Kier alpha value is -1.87. The van der Waals surface area contributed by atoms with Crippen molar-refractivity contribution in [1.82, 2.24) is 20.1 Å². The standard InChI is InChI=1S/C15H19N5O3.2ClH/c21-15(14-9-16-4-6-23-14)19-12-2-1-3-13(8-12)22-7-5-20-11-17-10-18-20;;/h1-3,8,10-11,14,16H,4-7,9H2,(H,19,21);2*1H. The molecule has 8 nitrogen and oxygen atoms in total. The number of nitrogens with zero attached hydrogens (tertiary/aromatic N) is 3. The normalized spacial score (nSPS) is 16.2. The van der Waals surface area contributed by atoms with Gasteiger partial charge in [-0.25, -0.2) is 9.67 Å². The van der Waals surface area contributed by atoms with E-state index in [0.717, 1.165) is 6.54 Å². The number of anilines is 1. The second kappa shape index (κ2) is 10.9. The highest BCUT2D eigenvalue weighted by atomic mass is 35.5. The number of carbonyl (C=O) groups excluding carboxylic acids is 1. The first-order chi connectivity index (χ1) is 11.3. The highest BCUT2D eigenvalue weighted by molar-refractivity contribution is 5.94. The molecular weight excluding hydrogens is 369 g/mol. The molecular formula is C15H21Cl2N5O3. The lowest BCUT2D eigenvalue weighted by molar-refractivity contribution is -0.128. The topological polar surface area (TPSA) is 90.3 Å². The van der Waals surface area contributed by atoms with Crippen LogP contribution in [0.4, 0.5) is 5.69 Å². The van der Waals surface area contributed by atoms with Crippen molar-refractivity contribution in [3.8, 4) is 5.75 Å². The molecule has 1 unspecified atom stereocenters. The maximum atomic E-state index is 12.1. The second-order valence-electron chi connectivity index (χ2n) is 5.09. The van der Waals surface area contributed by atoms with Crippen LogP contribution in [0.15, 0.2) is 36.9 Å². The van der Waals surface area contributed by atoms with Gasteiger partial charge in [0.25, 0.3) is 5.91 Å². The van der Waals surface area contributed by atoms with Crippen molar-refractivity contribution in [2.24, 2.45) is 0 Å². The van der Waals surface area contributed by atoms with Gasteiger partial charge in [0.15, 0.2) is 0 Å². The third-order valence-corrected chi connectivity index (χ3v) is 3.38. The van der Waals surface area contributed by atoms with Crippen molar-refractivity contribution in [1.29, 1.82) is 0 Å². The maximum Gasteiger partial charge on any atom is 0.254 e. The average Bonchev–Trinajstić information content (AvgIpc) is 3.09. The average molecular weight is 390 g/mol. The molecule has 1 amide bonds. The number of rotatable bonds is 6. The molecule has 1 fully saturated rings. The Morgan fingerprint density at radius 3 is 3.04 bits per heavy atom. The van der Waals surface area contributed by atoms with Crippen molar-refractivity contribution < 1.29 is 14.3 Å². The Balaban J connectivity index is 0.00000156. The van der Waals surface area contributed by atoms with E-state index < -0.39 is 6.10 Å². The number of nitrogens with one attached hydrogen (secondary N) is 2. The van der Waals surface area contributed by atoms with Gasteiger partial charge in [-0.2, -0.15) is 5.10 Å². The van der Waals surface area contributed by atoms with Crippen molar-refractivity contribution in [2.75, 3.05) is 31.6 Å². The van der Waals surface area contributed by atoms with Crippen LogP contribution in [0.3, 0.4) is 0 Å². The summed E-state index contributed by atoms with van der Waals surface area (Å²) in [4.78, 5) is 16.0. The molecule has 1 aromatic carbocycles. The number of hydrogen-bond donors (Lipinski definition) is 2. The van der Waals surface area contributed by atoms with Gasteiger partial charge in [0.2, 0.25) is 0 Å². The third-order valence-electron chi connectivity index (χ3n) is 3.38. The van der Waals surface area contributed by atoms with Crippen LogP contribution in [0.5, 0.6) is 5.75 Å². The summed E-state index contributed by atoms with van der Waals surface area (Å²) in [6, 6.07) is 7.28. The minimum absolute atomic E-state index is 0.